The van der Waals surface area contributed by atoms with E-state index in [-0.39, 0.29) is 24.7 Å². The summed E-state index contributed by atoms with van der Waals surface area (Å²) in [5.74, 6) is 0.756. The zero-order valence-electron chi connectivity index (χ0n) is 14.0. The van der Waals surface area contributed by atoms with Crippen molar-refractivity contribution in [1.82, 2.24) is 5.32 Å². The first-order chi connectivity index (χ1) is 11.8. The van der Waals surface area contributed by atoms with Crippen molar-refractivity contribution in [3.63, 3.8) is 0 Å². The fourth-order valence-corrected chi connectivity index (χ4v) is 2.94. The second kappa shape index (κ2) is 8.89. The summed E-state index contributed by atoms with van der Waals surface area (Å²) in [5, 5.41) is 6.02. The zero-order chi connectivity index (χ0) is 16.6. The summed E-state index contributed by atoms with van der Waals surface area (Å²) in [6.07, 6.45) is 4.64. The second-order valence-corrected chi connectivity index (χ2v) is 6.27. The molecular weight excluding hydrogens is 308 g/mol. The van der Waals surface area contributed by atoms with E-state index in [1.165, 1.54) is 0 Å². The Bertz CT molecular complexity index is 526. The number of hydrogen-bond acceptors (Lipinski definition) is 5. The van der Waals surface area contributed by atoms with Crippen LogP contribution in [0.25, 0.3) is 0 Å². The average molecular weight is 334 g/mol. The molecule has 6 nitrogen and oxygen atoms in total. The summed E-state index contributed by atoms with van der Waals surface area (Å²) in [7, 11) is 0. The molecule has 0 radical (unpaired) electrons. The summed E-state index contributed by atoms with van der Waals surface area (Å²) in [6, 6.07) is 7.66. The summed E-state index contributed by atoms with van der Waals surface area (Å²) in [5.41, 5.74) is 0.868. The molecule has 1 amide bonds. The van der Waals surface area contributed by atoms with Crippen LogP contribution in [0.1, 0.15) is 25.7 Å². The van der Waals surface area contributed by atoms with E-state index in [2.05, 4.69) is 10.6 Å². The highest BCUT2D eigenvalue weighted by atomic mass is 16.5. The molecule has 1 aromatic carbocycles. The number of benzene rings is 1. The molecule has 0 bridgehead atoms. The molecule has 3 rings (SSSR count). The fourth-order valence-electron chi connectivity index (χ4n) is 2.94. The zero-order valence-corrected chi connectivity index (χ0v) is 14.0. The first-order valence-corrected chi connectivity index (χ1v) is 8.76. The Labute approximate surface area is 142 Å². The molecule has 2 aliphatic rings. The maximum Gasteiger partial charge on any atom is 0.239 e. The monoisotopic (exact) mass is 334 g/mol. The van der Waals surface area contributed by atoms with E-state index in [1.807, 2.05) is 24.3 Å². The molecule has 6 heteroatoms. The van der Waals surface area contributed by atoms with Gasteiger partial charge in [-0.25, -0.2) is 0 Å². The van der Waals surface area contributed by atoms with Crippen LogP contribution in [0.5, 0.6) is 5.75 Å². The maximum absolute atomic E-state index is 11.9. The van der Waals surface area contributed by atoms with Crippen molar-refractivity contribution < 1.29 is 19.0 Å². The lowest BCUT2D eigenvalue weighted by atomic mass is 10.2. The van der Waals surface area contributed by atoms with E-state index in [4.69, 9.17) is 14.2 Å². The Balaban J connectivity index is 1.37. The number of anilines is 1. The molecule has 0 saturated carbocycles. The lowest BCUT2D eigenvalue weighted by Gasteiger charge is -2.13. The molecule has 2 heterocycles. The Hall–Kier alpha value is -1.79. The van der Waals surface area contributed by atoms with Crippen LogP contribution in [0.4, 0.5) is 5.69 Å². The minimum atomic E-state index is -0.0313. The lowest BCUT2D eigenvalue weighted by molar-refractivity contribution is -0.119. The van der Waals surface area contributed by atoms with Crippen molar-refractivity contribution in [2.45, 2.75) is 37.9 Å². The van der Waals surface area contributed by atoms with Gasteiger partial charge in [-0.15, -0.1) is 0 Å². The van der Waals surface area contributed by atoms with E-state index in [0.717, 1.165) is 50.3 Å². The van der Waals surface area contributed by atoms with Gasteiger partial charge >= 0.3 is 0 Å². The molecule has 2 fully saturated rings. The van der Waals surface area contributed by atoms with Gasteiger partial charge in [-0.2, -0.15) is 0 Å². The number of ether oxygens (including phenoxy) is 3. The van der Waals surface area contributed by atoms with Gasteiger partial charge in [0.1, 0.15) is 12.4 Å². The second-order valence-electron chi connectivity index (χ2n) is 6.27. The van der Waals surface area contributed by atoms with Crippen molar-refractivity contribution >= 4 is 11.6 Å². The third kappa shape index (κ3) is 5.39. The summed E-state index contributed by atoms with van der Waals surface area (Å²) in [6.45, 7) is 3.03. The van der Waals surface area contributed by atoms with E-state index < -0.39 is 0 Å². The average Bonchev–Trinajstić information content (AvgIpc) is 3.30. The van der Waals surface area contributed by atoms with E-state index in [1.54, 1.807) is 0 Å². The van der Waals surface area contributed by atoms with Gasteiger partial charge in [-0.1, -0.05) is 6.07 Å². The summed E-state index contributed by atoms with van der Waals surface area (Å²) < 4.78 is 16.8. The third-order valence-electron chi connectivity index (χ3n) is 4.30. The summed E-state index contributed by atoms with van der Waals surface area (Å²) in [4.78, 5) is 11.9. The SMILES string of the molecule is O=C(CNc1cccc(OCC2CCCO2)c1)NCC1CCCO1. The molecule has 0 aliphatic carbocycles. The number of carbonyl (C=O) groups is 1. The van der Waals surface area contributed by atoms with Crippen LogP contribution < -0.4 is 15.4 Å². The number of rotatable bonds is 8. The number of carbonyl (C=O) groups excluding carboxylic acids is 1. The predicted octanol–water partition coefficient (Wildman–Crippen LogP) is 1.95. The predicted molar refractivity (Wildman–Crippen MR) is 91.4 cm³/mol. The van der Waals surface area contributed by atoms with Crippen LogP contribution in [0.2, 0.25) is 0 Å². The van der Waals surface area contributed by atoms with Gasteiger partial charge in [0.25, 0.3) is 0 Å². The molecule has 2 aliphatic heterocycles. The van der Waals surface area contributed by atoms with Crippen molar-refractivity contribution in [2.75, 3.05) is 38.2 Å². The Kier molecular flexibility index (Phi) is 6.32. The van der Waals surface area contributed by atoms with Gasteiger partial charge in [0, 0.05) is 31.5 Å². The van der Waals surface area contributed by atoms with Crippen molar-refractivity contribution in [2.24, 2.45) is 0 Å². The highest BCUT2D eigenvalue weighted by molar-refractivity contribution is 5.80. The summed E-state index contributed by atoms with van der Waals surface area (Å²) >= 11 is 0. The number of nitrogens with one attached hydrogen (secondary N) is 2. The minimum Gasteiger partial charge on any atom is -0.491 e. The largest absolute Gasteiger partial charge is 0.491 e. The van der Waals surface area contributed by atoms with Crippen LogP contribution in [0.3, 0.4) is 0 Å². The van der Waals surface area contributed by atoms with Crippen molar-refractivity contribution in [1.29, 1.82) is 0 Å². The van der Waals surface area contributed by atoms with Crippen LogP contribution in [0, 0.1) is 0 Å². The van der Waals surface area contributed by atoms with Gasteiger partial charge in [0.15, 0.2) is 0 Å². The molecule has 24 heavy (non-hydrogen) atoms. The lowest BCUT2D eigenvalue weighted by Crippen LogP contribution is -2.35. The Morgan fingerprint density at radius 1 is 1.17 bits per heavy atom. The number of hydrogen-bond donors (Lipinski definition) is 2. The molecule has 2 unspecified atom stereocenters. The quantitative estimate of drug-likeness (QED) is 0.760. The first-order valence-electron chi connectivity index (χ1n) is 8.76. The van der Waals surface area contributed by atoms with Gasteiger partial charge < -0.3 is 24.8 Å². The first kappa shape index (κ1) is 17.0. The molecule has 0 spiro atoms. The highest BCUT2D eigenvalue weighted by Crippen LogP contribution is 2.19. The fraction of sp³-hybridized carbons (Fsp3) is 0.611. The van der Waals surface area contributed by atoms with Crippen LogP contribution in [-0.4, -0.2) is 51.0 Å². The molecule has 132 valence electrons. The highest BCUT2D eigenvalue weighted by Gasteiger charge is 2.17. The van der Waals surface area contributed by atoms with E-state index in [9.17, 15) is 4.79 Å². The van der Waals surface area contributed by atoms with Crippen LogP contribution in [-0.2, 0) is 14.3 Å². The molecule has 0 aromatic heterocycles. The Morgan fingerprint density at radius 3 is 2.71 bits per heavy atom. The molecule has 2 N–H and O–H groups in total. The van der Waals surface area contributed by atoms with Gasteiger partial charge in [0.05, 0.1) is 18.8 Å². The van der Waals surface area contributed by atoms with E-state index in [0.29, 0.717) is 13.2 Å². The maximum atomic E-state index is 11.9. The molecule has 1 aromatic rings. The van der Waals surface area contributed by atoms with E-state index >= 15 is 0 Å². The number of amides is 1. The van der Waals surface area contributed by atoms with Crippen LogP contribution in [0.15, 0.2) is 24.3 Å². The smallest absolute Gasteiger partial charge is 0.239 e. The minimum absolute atomic E-state index is 0.0313. The van der Waals surface area contributed by atoms with Crippen molar-refractivity contribution in [3.05, 3.63) is 24.3 Å². The Morgan fingerprint density at radius 2 is 1.96 bits per heavy atom. The van der Waals surface area contributed by atoms with Gasteiger partial charge in [-0.3, -0.25) is 4.79 Å². The van der Waals surface area contributed by atoms with Crippen molar-refractivity contribution in [3.8, 4) is 5.75 Å². The van der Waals surface area contributed by atoms with Crippen LogP contribution >= 0.6 is 0 Å². The molecular formula is C18H26N2O4. The molecule has 2 saturated heterocycles. The molecule has 2 atom stereocenters. The third-order valence-corrected chi connectivity index (χ3v) is 4.30. The topological polar surface area (TPSA) is 68.8 Å². The van der Waals surface area contributed by atoms with Gasteiger partial charge in [0.2, 0.25) is 5.91 Å². The van der Waals surface area contributed by atoms with Gasteiger partial charge in [-0.05, 0) is 37.8 Å². The standard InChI is InChI=1S/C18H26N2O4/c21-18(20-11-16-6-2-8-22-16)12-19-14-4-1-5-15(10-14)24-13-17-7-3-9-23-17/h1,4-5,10,16-17,19H,2-3,6-9,11-13H2,(H,20,21). The normalized spacial score (nSPS) is 23.2.